The molecule has 21 heavy (non-hydrogen) atoms. The average Bonchev–Trinajstić information content (AvgIpc) is 2.90. The van der Waals surface area contributed by atoms with Crippen molar-refractivity contribution in [2.75, 3.05) is 5.73 Å². The lowest BCUT2D eigenvalue weighted by atomic mass is 10.1. The van der Waals surface area contributed by atoms with Gasteiger partial charge in [0.2, 0.25) is 0 Å². The van der Waals surface area contributed by atoms with Gasteiger partial charge in [0, 0.05) is 18.1 Å². The van der Waals surface area contributed by atoms with E-state index in [4.69, 9.17) is 10.5 Å². The summed E-state index contributed by atoms with van der Waals surface area (Å²) in [5.74, 6) is -0.379. The molecular formula is C16H15N3O2. The Balaban J connectivity index is 1.71. The zero-order valence-corrected chi connectivity index (χ0v) is 11.6. The Kier molecular flexibility index (Phi) is 3.31. The molecule has 0 aliphatic carbocycles. The molecule has 0 saturated heterocycles. The predicted molar refractivity (Wildman–Crippen MR) is 79.9 cm³/mol. The minimum absolute atomic E-state index is 0.143. The summed E-state index contributed by atoms with van der Waals surface area (Å²) >= 11 is 0. The van der Waals surface area contributed by atoms with Crippen LogP contribution in [0.4, 0.5) is 5.69 Å². The summed E-state index contributed by atoms with van der Waals surface area (Å²) in [5.41, 5.74) is 9.28. The fourth-order valence-corrected chi connectivity index (χ4v) is 2.08. The molecule has 0 saturated carbocycles. The highest BCUT2D eigenvalue weighted by Gasteiger charge is 2.10. The van der Waals surface area contributed by atoms with E-state index in [1.807, 2.05) is 41.9 Å². The Hall–Kier alpha value is -2.82. The van der Waals surface area contributed by atoms with E-state index in [1.165, 1.54) is 0 Å². The molecule has 1 aromatic carbocycles. The number of nitrogen functional groups attached to an aromatic ring is 1. The number of fused-ring (bicyclic) bond motifs is 1. The molecule has 106 valence electrons. The molecule has 0 amide bonds. The number of anilines is 1. The Morgan fingerprint density at radius 1 is 1.33 bits per heavy atom. The summed E-state index contributed by atoms with van der Waals surface area (Å²) < 4.78 is 7.17. The van der Waals surface area contributed by atoms with Crippen LogP contribution in [0.15, 0.2) is 48.8 Å². The standard InChI is InChI=1S/C16H15N3O2/c1-11-8-12(5-6-14(11)17)16(20)21-10-13-9-19-7-3-2-4-15(19)18-13/h2-9H,10,17H2,1H3. The average molecular weight is 281 g/mol. The first-order chi connectivity index (χ1) is 10.1. The van der Waals surface area contributed by atoms with Crippen molar-refractivity contribution in [1.82, 2.24) is 9.38 Å². The van der Waals surface area contributed by atoms with E-state index in [0.29, 0.717) is 16.9 Å². The van der Waals surface area contributed by atoms with Crippen LogP contribution in [0.3, 0.4) is 0 Å². The molecule has 0 atom stereocenters. The van der Waals surface area contributed by atoms with Gasteiger partial charge in [0.25, 0.3) is 0 Å². The lowest BCUT2D eigenvalue weighted by molar-refractivity contribution is 0.0468. The van der Waals surface area contributed by atoms with Gasteiger partial charge in [0.15, 0.2) is 0 Å². The maximum Gasteiger partial charge on any atom is 0.338 e. The van der Waals surface area contributed by atoms with Crippen molar-refractivity contribution in [3.8, 4) is 0 Å². The largest absolute Gasteiger partial charge is 0.456 e. The highest BCUT2D eigenvalue weighted by molar-refractivity contribution is 5.90. The Morgan fingerprint density at radius 3 is 2.95 bits per heavy atom. The quantitative estimate of drug-likeness (QED) is 0.591. The minimum Gasteiger partial charge on any atom is -0.456 e. The molecule has 5 nitrogen and oxygen atoms in total. The lowest BCUT2D eigenvalue weighted by Gasteiger charge is -2.05. The van der Waals surface area contributed by atoms with Crippen LogP contribution in [0.2, 0.25) is 0 Å². The van der Waals surface area contributed by atoms with Gasteiger partial charge in [-0.25, -0.2) is 9.78 Å². The van der Waals surface area contributed by atoms with Crippen LogP contribution in [-0.4, -0.2) is 15.4 Å². The Labute approximate surface area is 122 Å². The van der Waals surface area contributed by atoms with E-state index in [2.05, 4.69) is 4.98 Å². The van der Waals surface area contributed by atoms with Gasteiger partial charge in [-0.3, -0.25) is 0 Å². The summed E-state index contributed by atoms with van der Waals surface area (Å²) in [7, 11) is 0. The highest BCUT2D eigenvalue weighted by atomic mass is 16.5. The van der Waals surface area contributed by atoms with Crippen molar-refractivity contribution in [1.29, 1.82) is 0 Å². The summed E-state index contributed by atoms with van der Waals surface area (Å²) in [6.45, 7) is 2.00. The first-order valence-corrected chi connectivity index (χ1v) is 6.59. The number of hydrogen-bond acceptors (Lipinski definition) is 4. The fraction of sp³-hybridized carbons (Fsp3) is 0.125. The van der Waals surface area contributed by atoms with Crippen molar-refractivity contribution in [3.63, 3.8) is 0 Å². The van der Waals surface area contributed by atoms with Crippen molar-refractivity contribution < 1.29 is 9.53 Å². The number of esters is 1. The molecule has 0 fully saturated rings. The van der Waals surface area contributed by atoms with Crippen LogP contribution in [0.25, 0.3) is 5.65 Å². The molecule has 2 N–H and O–H groups in total. The van der Waals surface area contributed by atoms with E-state index in [1.54, 1.807) is 18.2 Å². The summed E-state index contributed by atoms with van der Waals surface area (Å²) in [5, 5.41) is 0. The van der Waals surface area contributed by atoms with E-state index < -0.39 is 0 Å². The second kappa shape index (κ2) is 5.28. The third-order valence-corrected chi connectivity index (χ3v) is 3.27. The molecule has 0 aliphatic heterocycles. The van der Waals surface area contributed by atoms with Crippen LogP contribution in [-0.2, 0) is 11.3 Å². The van der Waals surface area contributed by atoms with Crippen molar-refractivity contribution in [3.05, 3.63) is 65.6 Å². The number of nitrogens with two attached hydrogens (primary N) is 1. The molecule has 3 rings (SSSR count). The van der Waals surface area contributed by atoms with E-state index in [0.717, 1.165) is 11.2 Å². The maximum absolute atomic E-state index is 12.0. The third kappa shape index (κ3) is 2.72. The molecule has 3 aromatic rings. The van der Waals surface area contributed by atoms with Gasteiger partial charge in [0.05, 0.1) is 11.3 Å². The molecule has 0 radical (unpaired) electrons. The SMILES string of the molecule is Cc1cc(C(=O)OCc2cn3ccccc3n2)ccc1N. The number of aryl methyl sites for hydroxylation is 1. The Bertz CT molecular complexity index is 775. The number of rotatable bonds is 3. The Morgan fingerprint density at radius 2 is 2.19 bits per heavy atom. The zero-order chi connectivity index (χ0) is 14.8. The first kappa shape index (κ1) is 13.2. The molecule has 0 aliphatic rings. The molecule has 2 heterocycles. The highest BCUT2D eigenvalue weighted by Crippen LogP contribution is 2.14. The number of carbonyl (C=O) groups is 1. The number of imidazole rings is 1. The molecule has 0 spiro atoms. The summed E-state index contributed by atoms with van der Waals surface area (Å²) in [4.78, 5) is 16.4. The fourth-order valence-electron chi connectivity index (χ4n) is 2.08. The number of nitrogens with zero attached hydrogens (tertiary/aromatic N) is 2. The smallest absolute Gasteiger partial charge is 0.338 e. The number of pyridine rings is 1. The normalized spacial score (nSPS) is 10.7. The van der Waals surface area contributed by atoms with Crippen molar-refractivity contribution in [2.45, 2.75) is 13.5 Å². The van der Waals surface area contributed by atoms with Gasteiger partial charge in [-0.2, -0.15) is 0 Å². The lowest BCUT2D eigenvalue weighted by Crippen LogP contribution is -2.06. The van der Waals surface area contributed by atoms with Gasteiger partial charge in [0.1, 0.15) is 12.3 Å². The van der Waals surface area contributed by atoms with Gasteiger partial charge < -0.3 is 14.9 Å². The second-order valence-electron chi connectivity index (χ2n) is 4.85. The number of benzene rings is 1. The molecule has 0 unspecified atom stereocenters. The number of aromatic nitrogens is 2. The summed E-state index contributed by atoms with van der Waals surface area (Å²) in [6, 6.07) is 10.8. The van der Waals surface area contributed by atoms with Crippen LogP contribution in [0, 0.1) is 6.92 Å². The number of hydrogen-bond donors (Lipinski definition) is 1. The monoisotopic (exact) mass is 281 g/mol. The predicted octanol–water partition coefficient (Wildman–Crippen LogP) is 2.58. The van der Waals surface area contributed by atoms with Crippen molar-refractivity contribution in [2.24, 2.45) is 0 Å². The van der Waals surface area contributed by atoms with E-state index in [-0.39, 0.29) is 12.6 Å². The molecule has 5 heteroatoms. The van der Waals surface area contributed by atoms with Gasteiger partial charge in [-0.1, -0.05) is 6.07 Å². The van der Waals surface area contributed by atoms with Crippen LogP contribution >= 0.6 is 0 Å². The van der Waals surface area contributed by atoms with Gasteiger partial charge >= 0.3 is 5.97 Å². The molecule has 0 bridgehead atoms. The van der Waals surface area contributed by atoms with Crippen LogP contribution in [0.1, 0.15) is 21.6 Å². The van der Waals surface area contributed by atoms with Gasteiger partial charge in [-0.05, 0) is 42.8 Å². The van der Waals surface area contributed by atoms with Gasteiger partial charge in [-0.15, -0.1) is 0 Å². The first-order valence-electron chi connectivity index (χ1n) is 6.59. The third-order valence-electron chi connectivity index (χ3n) is 3.27. The summed E-state index contributed by atoms with van der Waals surface area (Å²) in [6.07, 6.45) is 3.74. The topological polar surface area (TPSA) is 69.6 Å². The number of carbonyl (C=O) groups excluding carboxylic acids is 1. The van der Waals surface area contributed by atoms with Crippen LogP contribution < -0.4 is 5.73 Å². The molecule has 2 aromatic heterocycles. The second-order valence-corrected chi connectivity index (χ2v) is 4.85. The minimum atomic E-state index is -0.379. The van der Waals surface area contributed by atoms with Crippen molar-refractivity contribution >= 4 is 17.3 Å². The van der Waals surface area contributed by atoms with E-state index >= 15 is 0 Å². The zero-order valence-electron chi connectivity index (χ0n) is 11.6. The van der Waals surface area contributed by atoms with Crippen LogP contribution in [0.5, 0.6) is 0 Å². The maximum atomic E-state index is 12.0. The molecular weight excluding hydrogens is 266 g/mol. The number of ether oxygens (including phenoxy) is 1. The van der Waals surface area contributed by atoms with E-state index in [9.17, 15) is 4.79 Å².